The van der Waals surface area contributed by atoms with Crippen molar-refractivity contribution in [3.63, 3.8) is 0 Å². The van der Waals surface area contributed by atoms with Crippen molar-refractivity contribution < 1.29 is 4.79 Å². The van der Waals surface area contributed by atoms with Crippen LogP contribution in [-0.2, 0) is 31.2 Å². The first-order valence-electron chi connectivity index (χ1n) is 10.4. The number of hydrogen-bond donors (Lipinski definition) is 1. The molecule has 3 aromatic rings. The van der Waals surface area contributed by atoms with Gasteiger partial charge in [0, 0.05) is 68.3 Å². The lowest BCUT2D eigenvalue weighted by Crippen LogP contribution is -2.50. The molecule has 1 saturated heterocycles. The summed E-state index contributed by atoms with van der Waals surface area (Å²) < 4.78 is 2.29. The molecular formula is C24H31N5O. The largest absolute Gasteiger partial charge is 0.346 e. The number of nitrogens with zero attached hydrogens (tertiary/aromatic N) is 4. The van der Waals surface area contributed by atoms with Gasteiger partial charge in [0.05, 0.1) is 12.1 Å². The van der Waals surface area contributed by atoms with Gasteiger partial charge in [-0.05, 0) is 42.8 Å². The maximum Gasteiger partial charge on any atom is 0.241 e. The molecule has 5 rings (SSSR count). The van der Waals surface area contributed by atoms with E-state index in [0.717, 1.165) is 56.9 Å². The van der Waals surface area contributed by atoms with E-state index in [9.17, 15) is 4.79 Å². The summed E-state index contributed by atoms with van der Waals surface area (Å²) in [5, 5.41) is 4.79. The lowest BCUT2D eigenvalue weighted by Gasteiger charge is -2.34. The second-order valence-corrected chi connectivity index (χ2v) is 8.01. The Morgan fingerprint density at radius 1 is 1.17 bits per heavy atom. The Morgan fingerprint density at radius 2 is 2.07 bits per heavy atom. The highest BCUT2D eigenvalue weighted by Gasteiger charge is 2.26. The third-order valence-electron chi connectivity index (χ3n) is 6.29. The van der Waals surface area contributed by atoms with Gasteiger partial charge in [0.1, 0.15) is 0 Å². The van der Waals surface area contributed by atoms with Gasteiger partial charge in [-0.2, -0.15) is 0 Å². The summed E-state index contributed by atoms with van der Waals surface area (Å²) in [5.41, 5.74) is 6.14. The topological polar surface area (TPSA) is 53.4 Å². The normalized spacial score (nSPS) is 17.1. The van der Waals surface area contributed by atoms with E-state index in [0.29, 0.717) is 6.54 Å². The van der Waals surface area contributed by atoms with Crippen LogP contribution < -0.4 is 10.2 Å². The molecule has 6 heteroatoms. The fourth-order valence-electron chi connectivity index (χ4n) is 4.65. The summed E-state index contributed by atoms with van der Waals surface area (Å²) in [6.07, 6.45) is 3.77. The van der Waals surface area contributed by atoms with Crippen LogP contribution in [0.5, 0.6) is 0 Å². The highest BCUT2D eigenvalue weighted by molar-refractivity contribution is 5.98. The number of rotatable bonds is 4. The van der Waals surface area contributed by atoms with Crippen LogP contribution in [0.25, 0.3) is 10.9 Å². The zero-order chi connectivity index (χ0) is 19.8. The van der Waals surface area contributed by atoms with Gasteiger partial charge in [0.2, 0.25) is 5.91 Å². The van der Waals surface area contributed by atoms with E-state index in [-0.39, 0.29) is 13.3 Å². The molecule has 0 aliphatic carbocycles. The minimum atomic E-state index is 0. The van der Waals surface area contributed by atoms with Crippen LogP contribution >= 0.6 is 0 Å². The third kappa shape index (κ3) is 3.73. The van der Waals surface area contributed by atoms with Gasteiger partial charge in [-0.25, -0.2) is 0 Å². The first-order chi connectivity index (χ1) is 14.2. The number of amides is 1. The van der Waals surface area contributed by atoms with E-state index in [1.54, 1.807) is 0 Å². The first-order valence-corrected chi connectivity index (χ1v) is 10.4. The van der Waals surface area contributed by atoms with Crippen LogP contribution in [-0.4, -0.2) is 53.1 Å². The van der Waals surface area contributed by atoms with Crippen LogP contribution in [0.3, 0.4) is 0 Å². The maximum absolute atomic E-state index is 12.9. The van der Waals surface area contributed by atoms with Crippen molar-refractivity contribution >= 4 is 22.5 Å². The Bertz CT molecular complexity index is 1040. The molecule has 1 fully saturated rings. The average molecular weight is 406 g/mol. The van der Waals surface area contributed by atoms with E-state index in [2.05, 4.69) is 45.0 Å². The van der Waals surface area contributed by atoms with E-state index in [1.165, 1.54) is 22.2 Å². The number of aromatic nitrogens is 2. The van der Waals surface area contributed by atoms with Crippen molar-refractivity contribution in [2.45, 2.75) is 26.8 Å². The van der Waals surface area contributed by atoms with Crippen molar-refractivity contribution in [2.24, 2.45) is 7.05 Å². The van der Waals surface area contributed by atoms with Crippen molar-refractivity contribution in [1.29, 1.82) is 0 Å². The summed E-state index contributed by atoms with van der Waals surface area (Å²) in [5.74, 6) is 0.178. The molecule has 2 aromatic heterocycles. The number of hydrogen-bond acceptors (Lipinski definition) is 4. The van der Waals surface area contributed by atoms with Gasteiger partial charge in [-0.1, -0.05) is 19.6 Å². The number of nitrogens with one attached hydrogen (secondary N) is 1. The summed E-state index contributed by atoms with van der Waals surface area (Å²) in [7, 11) is 2.13. The number of aryl methyl sites for hydroxylation is 1. The number of anilines is 1. The summed E-state index contributed by atoms with van der Waals surface area (Å²) in [4.78, 5) is 21.4. The Morgan fingerprint density at radius 3 is 2.87 bits per heavy atom. The second-order valence-electron chi connectivity index (χ2n) is 8.01. The van der Waals surface area contributed by atoms with Crippen LogP contribution in [0.15, 0.2) is 42.6 Å². The fourth-order valence-corrected chi connectivity index (χ4v) is 4.65. The van der Waals surface area contributed by atoms with Crippen molar-refractivity contribution in [1.82, 2.24) is 19.8 Å². The first kappa shape index (κ1) is 20.6. The molecule has 2 aliphatic rings. The highest BCUT2D eigenvalue weighted by atomic mass is 16.2. The van der Waals surface area contributed by atoms with Gasteiger partial charge in [-0.15, -0.1) is 0 Å². The zero-order valence-corrected chi connectivity index (χ0v) is 16.9. The van der Waals surface area contributed by atoms with Gasteiger partial charge in [-0.3, -0.25) is 14.7 Å². The van der Waals surface area contributed by atoms with Gasteiger partial charge in [0.15, 0.2) is 0 Å². The molecule has 30 heavy (non-hydrogen) atoms. The summed E-state index contributed by atoms with van der Waals surface area (Å²) in [6.45, 7) is 4.92. The molecule has 0 unspecified atom stereocenters. The molecule has 1 amide bonds. The molecule has 0 spiro atoms. The molecule has 0 radical (unpaired) electrons. The fraction of sp³-hybridized carbons (Fsp3) is 0.417. The van der Waals surface area contributed by atoms with E-state index >= 15 is 0 Å². The van der Waals surface area contributed by atoms with Crippen LogP contribution in [0.2, 0.25) is 0 Å². The van der Waals surface area contributed by atoms with Crippen LogP contribution in [0.4, 0.5) is 5.69 Å². The van der Waals surface area contributed by atoms with Gasteiger partial charge >= 0.3 is 0 Å². The van der Waals surface area contributed by atoms with Crippen LogP contribution in [0, 0.1) is 0 Å². The van der Waals surface area contributed by atoms with E-state index < -0.39 is 0 Å². The number of fused-ring (bicyclic) bond motifs is 3. The number of pyridine rings is 1. The molecule has 158 valence electrons. The minimum Gasteiger partial charge on any atom is -0.346 e. The van der Waals surface area contributed by atoms with E-state index in [4.69, 9.17) is 0 Å². The maximum atomic E-state index is 12.9. The molecule has 0 saturated carbocycles. The smallest absolute Gasteiger partial charge is 0.241 e. The molecule has 2 aliphatic heterocycles. The second kappa shape index (κ2) is 8.58. The van der Waals surface area contributed by atoms with E-state index in [1.807, 2.05) is 29.3 Å². The number of benzene rings is 1. The Kier molecular flexibility index (Phi) is 5.88. The standard InChI is InChI=1S/C23H27N5O.CH4/c1-26-21-14-18(5-6-19(21)20-7-10-24-15-22(20)26)28-13-12-27(16-23(28)29)11-8-17-4-2-3-9-25-17;/h2-6,9,14,24H,7-8,10-13,15-16H2,1H3;1H4. The van der Waals surface area contributed by atoms with Crippen molar-refractivity contribution in [3.8, 4) is 0 Å². The van der Waals surface area contributed by atoms with Crippen molar-refractivity contribution in [3.05, 3.63) is 59.5 Å². The van der Waals surface area contributed by atoms with Gasteiger partial charge in [0.25, 0.3) is 0 Å². The number of piperazine rings is 1. The summed E-state index contributed by atoms with van der Waals surface area (Å²) in [6, 6.07) is 12.5. The summed E-state index contributed by atoms with van der Waals surface area (Å²) >= 11 is 0. The number of carbonyl (C=O) groups is 1. The molecule has 0 atom stereocenters. The third-order valence-corrected chi connectivity index (χ3v) is 6.29. The van der Waals surface area contributed by atoms with Gasteiger partial charge < -0.3 is 14.8 Å². The Hall–Kier alpha value is -2.70. The predicted octanol–water partition coefficient (Wildman–Crippen LogP) is 2.75. The molecule has 4 heterocycles. The minimum absolute atomic E-state index is 0. The Balaban J connectivity index is 0.00000218. The predicted molar refractivity (Wildman–Crippen MR) is 122 cm³/mol. The molecule has 6 nitrogen and oxygen atoms in total. The lowest BCUT2D eigenvalue weighted by atomic mass is 10.0. The van der Waals surface area contributed by atoms with Crippen LogP contribution in [0.1, 0.15) is 24.4 Å². The SMILES string of the molecule is C.Cn1c2c(c3ccc(N4CCN(CCc5ccccn5)CC4=O)cc31)CCNC2. The molecular weight excluding hydrogens is 374 g/mol. The number of carbonyl (C=O) groups excluding carboxylic acids is 1. The monoisotopic (exact) mass is 405 g/mol. The zero-order valence-electron chi connectivity index (χ0n) is 16.9. The molecule has 1 N–H and O–H groups in total. The molecule has 1 aromatic carbocycles. The quantitative estimate of drug-likeness (QED) is 0.725. The highest BCUT2D eigenvalue weighted by Crippen LogP contribution is 2.31. The molecule has 0 bridgehead atoms. The average Bonchev–Trinajstić information content (AvgIpc) is 3.05. The van der Waals surface area contributed by atoms with Crippen molar-refractivity contribution in [2.75, 3.05) is 37.6 Å². The Labute approximate surface area is 178 Å². The lowest BCUT2D eigenvalue weighted by molar-refractivity contribution is -0.121.